The van der Waals surface area contributed by atoms with Crippen molar-refractivity contribution in [2.24, 2.45) is 0 Å². The van der Waals surface area contributed by atoms with E-state index in [-0.39, 0.29) is 0 Å². The van der Waals surface area contributed by atoms with Gasteiger partial charge in [0.1, 0.15) is 12.0 Å². The molecule has 0 N–H and O–H groups in total. The van der Waals surface area contributed by atoms with Crippen LogP contribution in [-0.4, -0.2) is 42.4 Å². The third kappa shape index (κ3) is 3.26. The van der Waals surface area contributed by atoms with Gasteiger partial charge in [-0.2, -0.15) is 12.7 Å². The number of benzene rings is 2. The molecule has 1 heterocycles. The Balaban J connectivity index is 2.35. The number of imidazole rings is 1. The smallest absolute Gasteiger partial charge is 0.308 e. The number of nitrogens with zero attached hydrogens (tertiary/aromatic N) is 3. The molecule has 0 saturated carbocycles. The second-order valence-corrected chi connectivity index (χ2v) is 8.63. The summed E-state index contributed by atoms with van der Waals surface area (Å²) in [5.41, 5.74) is 1.82. The fraction of sp³-hybridized carbons (Fsp3) is 0.286. The molecule has 0 aliphatic heterocycles. The van der Waals surface area contributed by atoms with Crippen molar-refractivity contribution in [3.05, 3.63) is 89.5 Å². The van der Waals surface area contributed by atoms with Crippen molar-refractivity contribution in [1.82, 2.24) is 13.3 Å². The quantitative estimate of drug-likeness (QED) is 0.612. The van der Waals surface area contributed by atoms with Gasteiger partial charge >= 0.3 is 10.2 Å². The van der Waals surface area contributed by atoms with Gasteiger partial charge in [0, 0.05) is 20.7 Å². The van der Waals surface area contributed by atoms with Gasteiger partial charge in [-0.3, -0.25) is 0 Å². The molecular formula is C21H25N3O3S. The summed E-state index contributed by atoms with van der Waals surface area (Å²) in [6, 6.07) is 19.5. The predicted molar refractivity (Wildman–Crippen MR) is 109 cm³/mol. The van der Waals surface area contributed by atoms with Crippen LogP contribution in [-0.2, 0) is 20.5 Å². The SMILES string of the molecule is CCOC(c1ccccc1)(c1ccccc1)c1ncn(S(=O)(=O)N(C)C)c1C. The summed E-state index contributed by atoms with van der Waals surface area (Å²) in [5, 5.41) is 0. The highest BCUT2D eigenvalue weighted by atomic mass is 32.2. The highest BCUT2D eigenvalue weighted by Gasteiger charge is 2.42. The van der Waals surface area contributed by atoms with Crippen LogP contribution >= 0.6 is 0 Å². The van der Waals surface area contributed by atoms with Crippen LogP contribution in [0.1, 0.15) is 29.4 Å². The van der Waals surface area contributed by atoms with E-state index in [0.717, 1.165) is 11.1 Å². The van der Waals surface area contributed by atoms with Crippen LogP contribution in [0.25, 0.3) is 0 Å². The van der Waals surface area contributed by atoms with E-state index in [0.29, 0.717) is 18.0 Å². The maximum absolute atomic E-state index is 12.7. The Bertz CT molecular complexity index is 990. The van der Waals surface area contributed by atoms with Crippen molar-refractivity contribution in [2.75, 3.05) is 20.7 Å². The lowest BCUT2D eigenvalue weighted by atomic mass is 9.82. The van der Waals surface area contributed by atoms with E-state index in [1.165, 1.54) is 28.7 Å². The Labute approximate surface area is 166 Å². The molecular weight excluding hydrogens is 374 g/mol. The van der Waals surface area contributed by atoms with Crippen molar-refractivity contribution < 1.29 is 13.2 Å². The lowest BCUT2D eigenvalue weighted by Gasteiger charge is -2.34. The van der Waals surface area contributed by atoms with E-state index in [9.17, 15) is 8.42 Å². The fourth-order valence-electron chi connectivity index (χ4n) is 3.39. The molecule has 0 spiro atoms. The molecule has 0 bridgehead atoms. The van der Waals surface area contributed by atoms with Crippen LogP contribution in [0.15, 0.2) is 67.0 Å². The molecule has 148 valence electrons. The lowest BCUT2D eigenvalue weighted by Crippen LogP contribution is -2.35. The average molecular weight is 400 g/mol. The first-order valence-electron chi connectivity index (χ1n) is 9.08. The van der Waals surface area contributed by atoms with Crippen molar-refractivity contribution in [3.63, 3.8) is 0 Å². The van der Waals surface area contributed by atoms with E-state index in [1.807, 2.05) is 67.6 Å². The zero-order valence-electron chi connectivity index (χ0n) is 16.5. The summed E-state index contributed by atoms with van der Waals surface area (Å²) in [5.74, 6) is 0. The molecule has 0 unspecified atom stereocenters. The lowest BCUT2D eigenvalue weighted by molar-refractivity contribution is 0.0181. The van der Waals surface area contributed by atoms with Gasteiger partial charge < -0.3 is 4.74 Å². The molecule has 0 aliphatic rings. The zero-order chi connectivity index (χ0) is 20.4. The van der Waals surface area contributed by atoms with E-state index in [4.69, 9.17) is 4.74 Å². The minimum atomic E-state index is -3.69. The van der Waals surface area contributed by atoms with Crippen molar-refractivity contribution in [3.8, 4) is 0 Å². The number of aromatic nitrogens is 2. The van der Waals surface area contributed by atoms with Gasteiger partial charge in [-0.05, 0) is 25.0 Å². The monoisotopic (exact) mass is 399 g/mol. The Morgan fingerprint density at radius 1 is 1.00 bits per heavy atom. The normalized spacial score (nSPS) is 12.5. The third-order valence-corrected chi connectivity index (χ3v) is 6.52. The second-order valence-electron chi connectivity index (χ2n) is 6.61. The van der Waals surface area contributed by atoms with E-state index < -0.39 is 15.8 Å². The summed E-state index contributed by atoms with van der Waals surface area (Å²) >= 11 is 0. The molecule has 0 aliphatic carbocycles. The highest BCUT2D eigenvalue weighted by Crippen LogP contribution is 2.41. The van der Waals surface area contributed by atoms with Gasteiger partial charge in [0.2, 0.25) is 0 Å². The number of hydrogen-bond acceptors (Lipinski definition) is 4. The Morgan fingerprint density at radius 3 is 1.93 bits per heavy atom. The molecule has 0 amide bonds. The van der Waals surface area contributed by atoms with Gasteiger partial charge in [0.25, 0.3) is 0 Å². The summed E-state index contributed by atoms with van der Waals surface area (Å²) in [4.78, 5) is 4.54. The van der Waals surface area contributed by atoms with Crippen LogP contribution in [0.3, 0.4) is 0 Å². The van der Waals surface area contributed by atoms with Gasteiger partial charge in [0.15, 0.2) is 5.60 Å². The standard InChI is InChI=1S/C21H25N3O3S/c1-5-27-21(18-12-8-6-9-13-18,19-14-10-7-11-15-19)20-17(2)24(16-22-20)28(25,26)23(3)4/h6-16H,5H2,1-4H3. The maximum atomic E-state index is 12.7. The van der Waals surface area contributed by atoms with Crippen LogP contribution in [0.4, 0.5) is 0 Å². The summed E-state index contributed by atoms with van der Waals surface area (Å²) in [6.07, 6.45) is 1.35. The number of rotatable bonds is 7. The first-order chi connectivity index (χ1) is 13.4. The van der Waals surface area contributed by atoms with Crippen LogP contribution in [0.5, 0.6) is 0 Å². The van der Waals surface area contributed by atoms with Gasteiger partial charge in [0.05, 0.1) is 5.69 Å². The molecule has 3 rings (SSSR count). The zero-order valence-corrected chi connectivity index (χ0v) is 17.3. The molecule has 0 radical (unpaired) electrons. The van der Waals surface area contributed by atoms with E-state index in [2.05, 4.69) is 4.98 Å². The Hall–Kier alpha value is -2.48. The van der Waals surface area contributed by atoms with Crippen molar-refractivity contribution in [2.45, 2.75) is 19.4 Å². The number of ether oxygens (including phenoxy) is 1. The molecule has 6 nitrogen and oxygen atoms in total. The van der Waals surface area contributed by atoms with Crippen LogP contribution < -0.4 is 0 Å². The molecule has 7 heteroatoms. The molecule has 1 aromatic heterocycles. The Morgan fingerprint density at radius 2 is 1.50 bits per heavy atom. The molecule has 0 fully saturated rings. The van der Waals surface area contributed by atoms with Gasteiger partial charge in [-0.1, -0.05) is 60.7 Å². The Kier molecular flexibility index (Phi) is 5.69. The van der Waals surface area contributed by atoms with Crippen molar-refractivity contribution in [1.29, 1.82) is 0 Å². The third-order valence-electron chi connectivity index (χ3n) is 4.73. The first-order valence-corrected chi connectivity index (χ1v) is 10.5. The summed E-state index contributed by atoms with van der Waals surface area (Å²) < 4.78 is 34.2. The topological polar surface area (TPSA) is 64.4 Å². The van der Waals surface area contributed by atoms with Crippen LogP contribution in [0.2, 0.25) is 0 Å². The molecule has 2 aromatic carbocycles. The largest absolute Gasteiger partial charge is 0.359 e. The van der Waals surface area contributed by atoms with Gasteiger partial charge in [-0.25, -0.2) is 8.96 Å². The second kappa shape index (κ2) is 7.87. The van der Waals surface area contributed by atoms with Gasteiger partial charge in [-0.15, -0.1) is 0 Å². The minimum Gasteiger partial charge on any atom is -0.359 e. The van der Waals surface area contributed by atoms with Crippen LogP contribution in [0, 0.1) is 6.92 Å². The van der Waals surface area contributed by atoms with E-state index >= 15 is 0 Å². The fourth-order valence-corrected chi connectivity index (χ4v) is 4.34. The molecule has 28 heavy (non-hydrogen) atoms. The molecule has 0 saturated heterocycles. The first kappa shape index (κ1) is 20.3. The molecule has 3 aromatic rings. The van der Waals surface area contributed by atoms with E-state index in [1.54, 1.807) is 6.92 Å². The molecule has 0 atom stereocenters. The maximum Gasteiger partial charge on any atom is 0.308 e. The highest BCUT2D eigenvalue weighted by molar-refractivity contribution is 7.87. The minimum absolute atomic E-state index is 0.427. The average Bonchev–Trinajstić information content (AvgIpc) is 3.10. The summed E-state index contributed by atoms with van der Waals surface area (Å²) in [6.45, 7) is 4.10. The predicted octanol–water partition coefficient (Wildman–Crippen LogP) is 3.17. The summed E-state index contributed by atoms with van der Waals surface area (Å²) in [7, 11) is -0.697. The number of hydrogen-bond donors (Lipinski definition) is 0. The van der Waals surface area contributed by atoms with Crippen molar-refractivity contribution >= 4 is 10.2 Å².